The Hall–Kier alpha value is -1.63. The van der Waals surface area contributed by atoms with Gasteiger partial charge in [-0.05, 0) is 72.5 Å². The molecule has 0 rings (SSSR count). The second-order valence-electron chi connectivity index (χ2n) is 13.5. The predicted molar refractivity (Wildman–Crippen MR) is 147 cm³/mol. The van der Waals surface area contributed by atoms with Crippen LogP contribution in [0, 0.1) is 45.3 Å². The molecule has 0 saturated carbocycles. The van der Waals surface area contributed by atoms with Gasteiger partial charge < -0.3 is 20.4 Å². The molecule has 7 nitrogen and oxygen atoms in total. The van der Waals surface area contributed by atoms with E-state index in [1.807, 2.05) is 55.4 Å². The molecule has 0 heterocycles. The van der Waals surface area contributed by atoms with Crippen molar-refractivity contribution in [2.75, 3.05) is 0 Å². The van der Waals surface area contributed by atoms with E-state index in [2.05, 4.69) is 0 Å². The summed E-state index contributed by atoms with van der Waals surface area (Å²) in [5.41, 5.74) is -9.05. The normalized spacial score (nSPS) is 21.4. The second-order valence-corrected chi connectivity index (χ2v) is 13.5. The fraction of sp³-hybridized carbons (Fsp3) is 0.900. The van der Waals surface area contributed by atoms with Crippen molar-refractivity contribution in [3.8, 4) is 0 Å². The van der Waals surface area contributed by atoms with Crippen LogP contribution in [0.4, 0.5) is 0 Å². The highest BCUT2D eigenvalue weighted by molar-refractivity contribution is 5.95. The summed E-state index contributed by atoms with van der Waals surface area (Å²) in [6.45, 7) is 22.2. The van der Waals surface area contributed by atoms with Crippen molar-refractivity contribution in [1.82, 2.24) is 0 Å². The van der Waals surface area contributed by atoms with Gasteiger partial charge in [0, 0.05) is 0 Å². The van der Waals surface area contributed by atoms with Gasteiger partial charge in [0.1, 0.15) is 11.3 Å². The van der Waals surface area contributed by atoms with Crippen LogP contribution in [0.5, 0.6) is 0 Å². The van der Waals surface area contributed by atoms with E-state index in [9.17, 15) is 34.8 Å². The van der Waals surface area contributed by atoms with Gasteiger partial charge in [-0.25, -0.2) is 4.79 Å². The Kier molecular flexibility index (Phi) is 11.9. The van der Waals surface area contributed by atoms with Gasteiger partial charge in [-0.2, -0.15) is 0 Å². The molecule has 5 unspecified atom stereocenters. The summed E-state index contributed by atoms with van der Waals surface area (Å²) in [7, 11) is 0. The summed E-state index contributed by atoms with van der Waals surface area (Å²) in [6, 6.07) is 0. The van der Waals surface area contributed by atoms with Crippen molar-refractivity contribution in [1.29, 1.82) is 0 Å². The number of carbonyl (C=O) groups is 3. The maximum Gasteiger partial charge on any atom is 0.337 e. The highest BCUT2D eigenvalue weighted by Crippen LogP contribution is 2.68. The summed E-state index contributed by atoms with van der Waals surface area (Å²) < 4.78 is 0. The first-order chi connectivity index (χ1) is 16.6. The average Bonchev–Trinajstić information content (AvgIpc) is 2.71. The van der Waals surface area contributed by atoms with E-state index in [0.29, 0.717) is 19.3 Å². The van der Waals surface area contributed by atoms with Crippen LogP contribution in [0.3, 0.4) is 0 Å². The molecule has 5 atom stereocenters. The van der Waals surface area contributed by atoms with Crippen LogP contribution in [0.15, 0.2) is 0 Å². The fourth-order valence-electron chi connectivity index (χ4n) is 8.14. The molecule has 7 heteroatoms. The first-order valence-electron chi connectivity index (χ1n) is 14.1. The van der Waals surface area contributed by atoms with E-state index in [-0.39, 0.29) is 37.0 Å². The van der Waals surface area contributed by atoms with Crippen molar-refractivity contribution < 1.29 is 34.8 Å². The Morgan fingerprint density at radius 2 is 0.973 bits per heavy atom. The Bertz CT molecular complexity index is 780. The lowest BCUT2D eigenvalue weighted by atomic mass is 9.38. The lowest BCUT2D eigenvalue weighted by Crippen LogP contribution is -2.76. The third-order valence-electron chi connectivity index (χ3n) is 9.35. The number of carboxylic acids is 3. The molecule has 218 valence electrons. The van der Waals surface area contributed by atoms with E-state index in [1.165, 1.54) is 0 Å². The molecule has 0 aliphatic carbocycles. The zero-order valence-corrected chi connectivity index (χ0v) is 25.6. The summed E-state index contributed by atoms with van der Waals surface area (Å²) in [4.78, 5) is 40.5. The van der Waals surface area contributed by atoms with Crippen molar-refractivity contribution >= 4 is 17.9 Å². The zero-order chi connectivity index (χ0) is 29.8. The Labute approximate surface area is 225 Å². The fourth-order valence-corrected chi connectivity index (χ4v) is 8.14. The van der Waals surface area contributed by atoms with Gasteiger partial charge >= 0.3 is 17.9 Å². The minimum absolute atomic E-state index is 0.00511. The van der Waals surface area contributed by atoms with Gasteiger partial charge in [0.05, 0.1) is 0 Å². The van der Waals surface area contributed by atoms with E-state index in [0.717, 1.165) is 0 Å². The minimum atomic E-state index is -3.09. The molecule has 0 bridgehead atoms. The maximum absolute atomic E-state index is 13.9. The van der Waals surface area contributed by atoms with Crippen LogP contribution in [0.1, 0.15) is 122 Å². The van der Waals surface area contributed by atoms with E-state index >= 15 is 0 Å². The van der Waals surface area contributed by atoms with Gasteiger partial charge in [-0.1, -0.05) is 83.1 Å². The van der Waals surface area contributed by atoms with Gasteiger partial charge in [-0.15, -0.1) is 0 Å². The lowest BCUT2D eigenvalue weighted by molar-refractivity contribution is -0.265. The van der Waals surface area contributed by atoms with Crippen LogP contribution in [0.2, 0.25) is 0 Å². The minimum Gasteiger partial charge on any atom is -0.481 e. The number of hydrogen-bond donors (Lipinski definition) is 4. The number of aliphatic hydroxyl groups is 1. The SMILES string of the molecule is CCC(C)(CC(C)C)C(C(=O)O)C(O)(C(=O)O)C(C(=O)O)(C(C)(CC)CC(C)C)C(C)(CC)CC(C)C. The third-order valence-corrected chi connectivity index (χ3v) is 9.35. The summed E-state index contributed by atoms with van der Waals surface area (Å²) in [5, 5.41) is 45.7. The van der Waals surface area contributed by atoms with Gasteiger partial charge in [0.2, 0.25) is 0 Å². The third kappa shape index (κ3) is 6.02. The summed E-state index contributed by atoms with van der Waals surface area (Å²) in [6.07, 6.45) is 1.76. The Morgan fingerprint density at radius 3 is 1.16 bits per heavy atom. The van der Waals surface area contributed by atoms with E-state index in [1.54, 1.807) is 27.7 Å². The maximum atomic E-state index is 13.9. The predicted octanol–water partition coefficient (Wildman–Crippen LogP) is 6.96. The summed E-state index contributed by atoms with van der Waals surface area (Å²) in [5.74, 6) is -6.58. The van der Waals surface area contributed by atoms with Crippen molar-refractivity contribution in [2.24, 2.45) is 45.3 Å². The monoisotopic (exact) mass is 528 g/mol. The van der Waals surface area contributed by atoms with Gasteiger partial charge in [0.25, 0.3) is 0 Å². The highest BCUT2D eigenvalue weighted by Gasteiger charge is 2.79. The van der Waals surface area contributed by atoms with E-state index in [4.69, 9.17) is 0 Å². The lowest BCUT2D eigenvalue weighted by Gasteiger charge is -2.64. The smallest absolute Gasteiger partial charge is 0.337 e. The first-order valence-corrected chi connectivity index (χ1v) is 14.1. The molecule has 4 N–H and O–H groups in total. The quantitative estimate of drug-likeness (QED) is 0.160. The van der Waals surface area contributed by atoms with Crippen LogP contribution < -0.4 is 0 Å². The molecule has 0 aliphatic heterocycles. The number of carboxylic acid groups (broad SMARTS) is 3. The molecule has 37 heavy (non-hydrogen) atoms. The number of hydrogen-bond acceptors (Lipinski definition) is 4. The van der Waals surface area contributed by atoms with Gasteiger partial charge in [-0.3, -0.25) is 9.59 Å². The number of rotatable bonds is 17. The molecule has 0 amide bonds. The zero-order valence-electron chi connectivity index (χ0n) is 25.6. The highest BCUT2D eigenvalue weighted by atomic mass is 16.4. The van der Waals surface area contributed by atoms with Crippen LogP contribution in [-0.4, -0.2) is 43.9 Å². The van der Waals surface area contributed by atoms with E-state index < -0.39 is 51.1 Å². The molecule has 0 aliphatic rings. The van der Waals surface area contributed by atoms with Crippen LogP contribution in [0.25, 0.3) is 0 Å². The topological polar surface area (TPSA) is 132 Å². The molecule has 0 spiro atoms. The molecule has 0 fully saturated rings. The average molecular weight is 529 g/mol. The van der Waals surface area contributed by atoms with Crippen molar-refractivity contribution in [3.05, 3.63) is 0 Å². The molecule has 0 aromatic carbocycles. The van der Waals surface area contributed by atoms with Crippen molar-refractivity contribution in [2.45, 2.75) is 127 Å². The molecular formula is C30H56O7. The Morgan fingerprint density at radius 1 is 0.622 bits per heavy atom. The largest absolute Gasteiger partial charge is 0.481 e. The molecule has 0 aromatic rings. The second kappa shape index (κ2) is 12.5. The van der Waals surface area contributed by atoms with Crippen LogP contribution >= 0.6 is 0 Å². The standard InChI is InChI=1S/C30H56O7/c1-13-26(10,16-19(4)5)22(23(31)32)29(37,24(33)34)30(25(35)36,27(11,14-2)17-20(6)7)28(12,15-3)18-21(8)9/h19-22,37H,13-18H2,1-12H3,(H,31,32)(H,33,34)(H,35,36). The number of aliphatic carboxylic acids is 3. The molecule has 0 radical (unpaired) electrons. The Balaban J connectivity index is 8.49. The van der Waals surface area contributed by atoms with Gasteiger partial charge in [0.15, 0.2) is 5.60 Å². The molecule has 0 saturated heterocycles. The first kappa shape index (κ1) is 35.4. The molecule has 0 aromatic heterocycles. The van der Waals surface area contributed by atoms with Crippen LogP contribution in [-0.2, 0) is 14.4 Å². The molecular weight excluding hydrogens is 472 g/mol. The van der Waals surface area contributed by atoms with Crippen molar-refractivity contribution in [3.63, 3.8) is 0 Å². The summed E-state index contributed by atoms with van der Waals surface area (Å²) >= 11 is 0.